The van der Waals surface area contributed by atoms with Gasteiger partial charge in [-0.2, -0.15) is 13.8 Å². The zero-order valence-electron chi connectivity index (χ0n) is 14.7. The van der Waals surface area contributed by atoms with Crippen LogP contribution in [0.15, 0.2) is 35.3 Å². The van der Waals surface area contributed by atoms with Gasteiger partial charge in [-0.3, -0.25) is 4.79 Å². The first-order valence-corrected chi connectivity index (χ1v) is 8.16. The molecule has 2 heterocycles. The van der Waals surface area contributed by atoms with E-state index in [-0.39, 0.29) is 22.7 Å². The van der Waals surface area contributed by atoms with Crippen LogP contribution in [0.4, 0.5) is 14.6 Å². The fraction of sp³-hybridized carbons (Fsp3) is 0.353. The Labute approximate surface area is 157 Å². The molecule has 2 N–H and O–H groups in total. The number of carbonyl (C=O) groups excluding carboxylic acids is 1. The van der Waals surface area contributed by atoms with Gasteiger partial charge >= 0.3 is 11.7 Å². The molecule has 0 saturated carbocycles. The van der Waals surface area contributed by atoms with Crippen LogP contribution < -0.4 is 20.5 Å². The van der Waals surface area contributed by atoms with Crippen molar-refractivity contribution in [1.29, 1.82) is 0 Å². The van der Waals surface area contributed by atoms with E-state index in [9.17, 15) is 18.4 Å². The Morgan fingerprint density at radius 1 is 1.39 bits per heavy atom. The number of nitrogens with one attached hydrogen (secondary N) is 1. The molecule has 0 radical (unpaired) electrons. The number of benzene rings is 1. The first kappa shape index (κ1) is 19.7. The molecule has 0 aliphatic carbocycles. The molecule has 0 spiro atoms. The SMILES string of the molecule is COC(CO)CC(F)(F)n1ccc(NC(=O)c2ccc3c(c2)OCO3)nc1=O. The van der Waals surface area contributed by atoms with E-state index < -0.39 is 36.8 Å². The van der Waals surface area contributed by atoms with Crippen LogP contribution in [0.3, 0.4) is 0 Å². The molecule has 1 unspecified atom stereocenters. The Morgan fingerprint density at radius 2 is 2.14 bits per heavy atom. The molecule has 1 aliphatic heterocycles. The fourth-order valence-electron chi connectivity index (χ4n) is 2.54. The highest BCUT2D eigenvalue weighted by Crippen LogP contribution is 2.32. The van der Waals surface area contributed by atoms with Gasteiger partial charge in [0.25, 0.3) is 5.91 Å². The molecule has 1 amide bonds. The second-order valence-electron chi connectivity index (χ2n) is 5.90. The van der Waals surface area contributed by atoms with Gasteiger partial charge in [-0.05, 0) is 24.3 Å². The van der Waals surface area contributed by atoms with Crippen LogP contribution in [-0.4, -0.2) is 47.2 Å². The Kier molecular flexibility index (Phi) is 5.56. The molecule has 11 heteroatoms. The van der Waals surface area contributed by atoms with Gasteiger partial charge in [-0.1, -0.05) is 0 Å². The number of methoxy groups -OCH3 is 1. The molecular weight excluding hydrogens is 380 g/mol. The van der Waals surface area contributed by atoms with E-state index >= 15 is 0 Å². The van der Waals surface area contributed by atoms with Crippen LogP contribution in [0.5, 0.6) is 11.5 Å². The minimum Gasteiger partial charge on any atom is -0.454 e. The molecule has 9 nitrogen and oxygen atoms in total. The van der Waals surface area contributed by atoms with E-state index in [1.54, 1.807) is 6.07 Å². The van der Waals surface area contributed by atoms with Gasteiger partial charge in [0.2, 0.25) is 6.79 Å². The Hall–Kier alpha value is -3.05. The lowest BCUT2D eigenvalue weighted by molar-refractivity contribution is -0.129. The lowest BCUT2D eigenvalue weighted by Crippen LogP contribution is -2.39. The maximum Gasteiger partial charge on any atom is 0.354 e. The summed E-state index contributed by atoms with van der Waals surface area (Å²) < 4.78 is 43.6. The Morgan fingerprint density at radius 3 is 2.82 bits per heavy atom. The van der Waals surface area contributed by atoms with Crippen molar-refractivity contribution >= 4 is 11.7 Å². The van der Waals surface area contributed by atoms with Gasteiger partial charge in [0, 0.05) is 18.9 Å². The van der Waals surface area contributed by atoms with Crippen LogP contribution in [0.1, 0.15) is 16.8 Å². The van der Waals surface area contributed by atoms with E-state index in [0.29, 0.717) is 11.5 Å². The van der Waals surface area contributed by atoms with E-state index in [1.807, 2.05) is 0 Å². The zero-order valence-corrected chi connectivity index (χ0v) is 14.7. The number of fused-ring (bicyclic) bond motifs is 1. The van der Waals surface area contributed by atoms with Gasteiger partial charge in [-0.15, -0.1) is 0 Å². The van der Waals surface area contributed by atoms with Gasteiger partial charge in [0.1, 0.15) is 5.82 Å². The Bertz CT molecular complexity index is 929. The van der Waals surface area contributed by atoms with Crippen LogP contribution in [0.2, 0.25) is 0 Å². The van der Waals surface area contributed by atoms with Crippen LogP contribution in [0, 0.1) is 0 Å². The van der Waals surface area contributed by atoms with E-state index in [4.69, 9.17) is 19.3 Å². The summed E-state index contributed by atoms with van der Waals surface area (Å²) >= 11 is 0. The number of hydrogen-bond donors (Lipinski definition) is 2. The molecular formula is C17H17F2N3O6. The van der Waals surface area contributed by atoms with Crippen molar-refractivity contribution in [3.05, 3.63) is 46.5 Å². The van der Waals surface area contributed by atoms with Gasteiger partial charge in [-0.25, -0.2) is 9.36 Å². The van der Waals surface area contributed by atoms with Crippen molar-refractivity contribution in [3.63, 3.8) is 0 Å². The van der Waals surface area contributed by atoms with Crippen LogP contribution in [-0.2, 0) is 10.8 Å². The number of ether oxygens (including phenoxy) is 3. The number of aromatic nitrogens is 2. The monoisotopic (exact) mass is 397 g/mol. The van der Waals surface area contributed by atoms with Gasteiger partial charge in [0.15, 0.2) is 11.5 Å². The molecule has 0 fully saturated rings. The van der Waals surface area contributed by atoms with E-state index in [1.165, 1.54) is 19.2 Å². The zero-order chi connectivity index (χ0) is 20.3. The minimum atomic E-state index is -3.63. The average molecular weight is 397 g/mol. The number of aliphatic hydroxyl groups excluding tert-OH is 1. The van der Waals surface area contributed by atoms with Gasteiger partial charge < -0.3 is 24.6 Å². The third kappa shape index (κ3) is 4.10. The number of amides is 1. The van der Waals surface area contributed by atoms with Crippen molar-refractivity contribution in [2.75, 3.05) is 25.8 Å². The molecule has 3 rings (SSSR count). The standard InChI is InChI=1S/C17H17F2N3O6/c1-26-11(8-23)7-17(18,19)22-5-4-14(21-16(22)25)20-15(24)10-2-3-12-13(6-10)28-9-27-12/h2-6,11,23H,7-9H2,1H3,(H,20,21,24,25). The number of anilines is 1. The normalized spacial score (nSPS) is 14.0. The molecule has 1 aromatic carbocycles. The smallest absolute Gasteiger partial charge is 0.354 e. The number of nitrogens with zero attached hydrogens (tertiary/aromatic N) is 2. The van der Waals surface area contributed by atoms with Crippen molar-refractivity contribution in [1.82, 2.24) is 9.55 Å². The molecule has 150 valence electrons. The summed E-state index contributed by atoms with van der Waals surface area (Å²) in [7, 11) is 1.17. The first-order chi connectivity index (χ1) is 13.3. The lowest BCUT2D eigenvalue weighted by Gasteiger charge is -2.22. The summed E-state index contributed by atoms with van der Waals surface area (Å²) in [6.45, 7) is -0.577. The van der Waals surface area contributed by atoms with Crippen LogP contribution >= 0.6 is 0 Å². The summed E-state index contributed by atoms with van der Waals surface area (Å²) in [6.07, 6.45) is -1.24. The maximum absolute atomic E-state index is 14.2. The molecule has 28 heavy (non-hydrogen) atoms. The minimum absolute atomic E-state index is 0.0502. The predicted molar refractivity (Wildman–Crippen MR) is 91.7 cm³/mol. The largest absolute Gasteiger partial charge is 0.454 e. The summed E-state index contributed by atoms with van der Waals surface area (Å²) in [5.74, 6) is 0.101. The number of hydrogen-bond acceptors (Lipinski definition) is 7. The summed E-state index contributed by atoms with van der Waals surface area (Å²) in [6, 6.07) is 1.93. The summed E-state index contributed by atoms with van der Waals surface area (Å²) in [5.41, 5.74) is -1.05. The molecule has 0 bridgehead atoms. The van der Waals surface area contributed by atoms with E-state index in [0.717, 1.165) is 12.3 Å². The molecule has 1 aromatic heterocycles. The maximum atomic E-state index is 14.2. The van der Waals surface area contributed by atoms with Crippen molar-refractivity contribution in [2.24, 2.45) is 0 Å². The molecule has 0 saturated heterocycles. The fourth-order valence-corrected chi connectivity index (χ4v) is 2.54. The highest BCUT2D eigenvalue weighted by Gasteiger charge is 2.36. The Balaban J connectivity index is 1.75. The summed E-state index contributed by atoms with van der Waals surface area (Å²) in [4.78, 5) is 27.8. The third-order valence-electron chi connectivity index (χ3n) is 4.04. The van der Waals surface area contributed by atoms with E-state index in [2.05, 4.69) is 10.3 Å². The average Bonchev–Trinajstić information content (AvgIpc) is 3.13. The van der Waals surface area contributed by atoms with Crippen LogP contribution in [0.25, 0.3) is 0 Å². The number of aliphatic hydroxyl groups is 1. The molecule has 1 atom stereocenters. The second kappa shape index (κ2) is 7.90. The second-order valence-corrected chi connectivity index (χ2v) is 5.90. The third-order valence-corrected chi connectivity index (χ3v) is 4.04. The van der Waals surface area contributed by atoms with Crippen molar-refractivity contribution in [3.8, 4) is 11.5 Å². The lowest BCUT2D eigenvalue weighted by atomic mass is 10.2. The topological polar surface area (TPSA) is 112 Å². The van der Waals surface area contributed by atoms with Crippen molar-refractivity contribution < 1.29 is 32.9 Å². The number of carbonyl (C=O) groups is 1. The van der Waals surface area contributed by atoms with Crippen molar-refractivity contribution in [2.45, 2.75) is 18.6 Å². The number of alkyl halides is 2. The molecule has 2 aromatic rings. The first-order valence-electron chi connectivity index (χ1n) is 8.16. The number of rotatable bonds is 7. The van der Waals surface area contributed by atoms with Gasteiger partial charge in [0.05, 0.1) is 19.1 Å². The predicted octanol–water partition coefficient (Wildman–Crippen LogP) is 1.17. The summed E-state index contributed by atoms with van der Waals surface area (Å²) in [5, 5.41) is 11.4. The number of halogens is 2. The quantitative estimate of drug-likeness (QED) is 0.721. The molecule has 1 aliphatic rings. The highest BCUT2D eigenvalue weighted by molar-refractivity contribution is 6.04. The highest BCUT2D eigenvalue weighted by atomic mass is 19.3.